The molecule has 1 aliphatic rings. The molecule has 1 N–H and O–H groups in total. The van der Waals surface area contributed by atoms with Gasteiger partial charge in [0.2, 0.25) is 6.79 Å². The van der Waals surface area contributed by atoms with Crippen molar-refractivity contribution in [1.29, 1.82) is 0 Å². The lowest BCUT2D eigenvalue weighted by Crippen LogP contribution is -2.20. The summed E-state index contributed by atoms with van der Waals surface area (Å²) in [4.78, 5) is 2.14. The van der Waals surface area contributed by atoms with Crippen LogP contribution in [-0.4, -0.2) is 44.1 Å². The Morgan fingerprint density at radius 1 is 1.33 bits per heavy atom. The molecule has 1 aromatic carbocycles. The minimum absolute atomic E-state index is 0.224. The summed E-state index contributed by atoms with van der Waals surface area (Å²) in [6.45, 7) is 2.56. The fourth-order valence-electron chi connectivity index (χ4n) is 1.95. The maximum absolute atomic E-state index is 9.91. The number of aromatic hydroxyl groups is 1. The molecule has 0 spiro atoms. The van der Waals surface area contributed by atoms with Gasteiger partial charge in [0.1, 0.15) is 5.75 Å². The zero-order valence-corrected chi connectivity index (χ0v) is 10.8. The number of hydrogen-bond acceptors (Lipinski definition) is 5. The molecule has 0 bridgehead atoms. The van der Waals surface area contributed by atoms with E-state index in [-0.39, 0.29) is 12.5 Å². The highest BCUT2D eigenvalue weighted by Gasteiger charge is 2.17. The number of nitrogens with zero attached hydrogens (tertiary/aromatic N) is 1. The number of phenols is 1. The fourth-order valence-corrected chi connectivity index (χ4v) is 1.95. The third-order valence-electron chi connectivity index (χ3n) is 2.90. The summed E-state index contributed by atoms with van der Waals surface area (Å²) in [5.41, 5.74) is 0.846. The van der Waals surface area contributed by atoms with E-state index in [2.05, 4.69) is 4.90 Å². The Bertz CT molecular complexity index is 408. The van der Waals surface area contributed by atoms with Crippen molar-refractivity contribution in [3.8, 4) is 17.2 Å². The molecular weight excluding hydrogens is 234 g/mol. The third-order valence-corrected chi connectivity index (χ3v) is 2.90. The molecule has 0 aromatic heterocycles. The van der Waals surface area contributed by atoms with Crippen molar-refractivity contribution in [2.45, 2.75) is 13.0 Å². The van der Waals surface area contributed by atoms with Crippen LogP contribution in [0.3, 0.4) is 0 Å². The standard InChI is InChI=1S/C13H19NO4/c1-14(4-3-5-16-2)8-10-6-12-13(7-11(10)15)18-9-17-12/h6-7,15H,3-5,8-9H2,1-2H3. The highest BCUT2D eigenvalue weighted by atomic mass is 16.7. The highest BCUT2D eigenvalue weighted by molar-refractivity contribution is 5.51. The maximum Gasteiger partial charge on any atom is 0.231 e. The Morgan fingerprint density at radius 3 is 2.78 bits per heavy atom. The smallest absolute Gasteiger partial charge is 0.231 e. The molecular formula is C13H19NO4. The van der Waals surface area contributed by atoms with Gasteiger partial charge < -0.3 is 24.2 Å². The van der Waals surface area contributed by atoms with Crippen molar-refractivity contribution in [3.05, 3.63) is 17.7 Å². The van der Waals surface area contributed by atoms with Crippen molar-refractivity contribution in [1.82, 2.24) is 4.90 Å². The van der Waals surface area contributed by atoms with Crippen molar-refractivity contribution >= 4 is 0 Å². The lowest BCUT2D eigenvalue weighted by molar-refractivity contribution is 0.173. The predicted octanol–water partition coefficient (Wildman–Crippen LogP) is 1.59. The molecule has 0 fully saturated rings. The molecule has 0 saturated heterocycles. The van der Waals surface area contributed by atoms with E-state index in [0.717, 1.165) is 25.1 Å². The van der Waals surface area contributed by atoms with Gasteiger partial charge in [-0.25, -0.2) is 0 Å². The molecule has 1 aliphatic heterocycles. The van der Waals surface area contributed by atoms with Gasteiger partial charge in [0.25, 0.3) is 0 Å². The third kappa shape index (κ3) is 3.05. The van der Waals surface area contributed by atoms with Crippen molar-refractivity contribution in [3.63, 3.8) is 0 Å². The van der Waals surface area contributed by atoms with E-state index < -0.39 is 0 Å². The molecule has 0 aliphatic carbocycles. The first kappa shape index (κ1) is 13.0. The molecule has 0 unspecified atom stereocenters. The number of phenolic OH excluding ortho intramolecular Hbond substituents is 1. The summed E-state index contributed by atoms with van der Waals surface area (Å²) in [5.74, 6) is 1.56. The molecule has 0 radical (unpaired) electrons. The summed E-state index contributed by atoms with van der Waals surface area (Å²) in [6, 6.07) is 3.45. The average molecular weight is 253 g/mol. The summed E-state index contributed by atoms with van der Waals surface area (Å²) in [5, 5.41) is 9.91. The van der Waals surface area contributed by atoms with Gasteiger partial charge >= 0.3 is 0 Å². The number of benzene rings is 1. The van der Waals surface area contributed by atoms with Gasteiger partial charge in [0.05, 0.1) is 0 Å². The zero-order chi connectivity index (χ0) is 13.0. The van der Waals surface area contributed by atoms with E-state index in [1.165, 1.54) is 0 Å². The summed E-state index contributed by atoms with van der Waals surface area (Å²) < 4.78 is 15.5. The van der Waals surface area contributed by atoms with Crippen molar-refractivity contribution < 1.29 is 19.3 Å². The van der Waals surface area contributed by atoms with Crippen LogP contribution in [0.5, 0.6) is 17.2 Å². The predicted molar refractivity (Wildman–Crippen MR) is 67.1 cm³/mol. The molecule has 100 valence electrons. The Labute approximate surface area is 107 Å². The summed E-state index contributed by atoms with van der Waals surface area (Å²) in [7, 11) is 3.71. The van der Waals surface area contributed by atoms with Crippen LogP contribution in [0.15, 0.2) is 12.1 Å². The van der Waals surface area contributed by atoms with Crippen LogP contribution in [0, 0.1) is 0 Å². The number of fused-ring (bicyclic) bond motifs is 1. The van der Waals surface area contributed by atoms with Gasteiger partial charge in [-0.15, -0.1) is 0 Å². The molecule has 5 heteroatoms. The molecule has 1 aromatic rings. The van der Waals surface area contributed by atoms with Crippen LogP contribution in [0.1, 0.15) is 12.0 Å². The summed E-state index contributed by atoms with van der Waals surface area (Å²) >= 11 is 0. The van der Waals surface area contributed by atoms with Gasteiger partial charge in [-0.05, 0) is 19.5 Å². The van der Waals surface area contributed by atoms with E-state index in [1.54, 1.807) is 13.2 Å². The average Bonchev–Trinajstić information content (AvgIpc) is 2.77. The molecule has 2 rings (SSSR count). The number of rotatable bonds is 6. The molecule has 18 heavy (non-hydrogen) atoms. The first-order valence-corrected chi connectivity index (χ1v) is 5.99. The van der Waals surface area contributed by atoms with Crippen LogP contribution < -0.4 is 9.47 Å². The van der Waals surface area contributed by atoms with E-state index in [1.807, 2.05) is 13.1 Å². The molecule has 0 atom stereocenters. The zero-order valence-electron chi connectivity index (χ0n) is 10.8. The second-order valence-corrected chi connectivity index (χ2v) is 4.42. The Morgan fingerprint density at radius 2 is 2.06 bits per heavy atom. The van der Waals surface area contributed by atoms with Crippen LogP contribution in [-0.2, 0) is 11.3 Å². The largest absolute Gasteiger partial charge is 0.507 e. The van der Waals surface area contributed by atoms with E-state index in [4.69, 9.17) is 14.2 Å². The van der Waals surface area contributed by atoms with Crippen LogP contribution in [0.2, 0.25) is 0 Å². The Kier molecular flexibility index (Phi) is 4.28. The second-order valence-electron chi connectivity index (χ2n) is 4.42. The monoisotopic (exact) mass is 253 g/mol. The molecule has 1 heterocycles. The minimum Gasteiger partial charge on any atom is -0.507 e. The Balaban J connectivity index is 1.96. The first-order chi connectivity index (χ1) is 8.70. The van der Waals surface area contributed by atoms with Crippen molar-refractivity contribution in [2.75, 3.05) is 34.1 Å². The fraction of sp³-hybridized carbons (Fsp3) is 0.538. The minimum atomic E-state index is 0.224. The van der Waals surface area contributed by atoms with Gasteiger partial charge in [-0.3, -0.25) is 0 Å². The van der Waals surface area contributed by atoms with Crippen LogP contribution in [0.4, 0.5) is 0 Å². The van der Waals surface area contributed by atoms with Crippen molar-refractivity contribution in [2.24, 2.45) is 0 Å². The first-order valence-electron chi connectivity index (χ1n) is 5.99. The number of methoxy groups -OCH3 is 1. The van der Waals surface area contributed by atoms with E-state index in [9.17, 15) is 5.11 Å². The van der Waals surface area contributed by atoms with Gasteiger partial charge in [-0.1, -0.05) is 0 Å². The lowest BCUT2D eigenvalue weighted by atomic mass is 10.1. The highest BCUT2D eigenvalue weighted by Crippen LogP contribution is 2.37. The molecule has 0 amide bonds. The van der Waals surface area contributed by atoms with Gasteiger partial charge in [0, 0.05) is 38.4 Å². The molecule has 0 saturated carbocycles. The van der Waals surface area contributed by atoms with E-state index >= 15 is 0 Å². The normalized spacial score (nSPS) is 13.3. The topological polar surface area (TPSA) is 51.2 Å². The summed E-state index contributed by atoms with van der Waals surface area (Å²) in [6.07, 6.45) is 0.971. The van der Waals surface area contributed by atoms with Gasteiger partial charge in [0.15, 0.2) is 11.5 Å². The SMILES string of the molecule is COCCCN(C)Cc1cc2c(cc1O)OCO2. The van der Waals surface area contributed by atoms with E-state index in [0.29, 0.717) is 18.0 Å². The lowest BCUT2D eigenvalue weighted by Gasteiger charge is -2.17. The van der Waals surface area contributed by atoms with Gasteiger partial charge in [-0.2, -0.15) is 0 Å². The quantitative estimate of drug-likeness (QED) is 0.780. The molecule has 5 nitrogen and oxygen atoms in total. The Hall–Kier alpha value is -1.46. The number of hydrogen-bond donors (Lipinski definition) is 1. The number of ether oxygens (including phenoxy) is 3. The van der Waals surface area contributed by atoms with Crippen LogP contribution >= 0.6 is 0 Å². The second kappa shape index (κ2) is 5.93. The maximum atomic E-state index is 9.91. The van der Waals surface area contributed by atoms with Crippen LogP contribution in [0.25, 0.3) is 0 Å².